The van der Waals surface area contributed by atoms with Crippen molar-refractivity contribution in [2.75, 3.05) is 0 Å². The summed E-state index contributed by atoms with van der Waals surface area (Å²) >= 11 is 0. The van der Waals surface area contributed by atoms with Crippen LogP contribution in [0.2, 0.25) is 0 Å². The van der Waals surface area contributed by atoms with Gasteiger partial charge in [-0.05, 0) is 19.8 Å². The first kappa shape index (κ1) is 21.9. The molecule has 0 amide bonds. The van der Waals surface area contributed by atoms with Gasteiger partial charge in [0.05, 0.1) is 0 Å². The smallest absolute Gasteiger partial charge is 0.342 e. The Kier molecular flexibility index (Phi) is 12.4. The first-order valence-electron chi connectivity index (χ1n) is 10.6. The third-order valence-corrected chi connectivity index (χ3v) is 5.22. The van der Waals surface area contributed by atoms with Gasteiger partial charge in [0.1, 0.15) is 0 Å². The van der Waals surface area contributed by atoms with E-state index in [1.54, 1.807) is 6.92 Å². The lowest BCUT2D eigenvalue weighted by atomic mass is 10.0. The molecule has 3 heteroatoms. The number of hydrogen-bond donors (Lipinski definition) is 0. The van der Waals surface area contributed by atoms with Crippen molar-refractivity contribution in [2.45, 2.75) is 117 Å². The number of rotatable bonds is 16. The van der Waals surface area contributed by atoms with Crippen LogP contribution in [-0.4, -0.2) is 11.9 Å². The highest BCUT2D eigenvalue weighted by molar-refractivity contribution is 6.11. The lowest BCUT2D eigenvalue weighted by molar-refractivity contribution is -0.151. The highest BCUT2D eigenvalue weighted by atomic mass is 16.6. The molecule has 3 nitrogen and oxygen atoms in total. The molecule has 25 heavy (non-hydrogen) atoms. The number of cyclic esters (lactones) is 2. The van der Waals surface area contributed by atoms with E-state index in [0.29, 0.717) is 17.6 Å². The molecule has 1 heterocycles. The standard InChI is InChI=1S/C22H38O3/c1-3-4-5-6-7-8-9-10-11-12-13-14-15-16-17-18-20-19(2)21(23)25-22(20)24/h3-18H2,1-2H3. The predicted octanol–water partition coefficient (Wildman–Crippen LogP) is 6.65. The van der Waals surface area contributed by atoms with Crippen LogP contribution < -0.4 is 0 Å². The van der Waals surface area contributed by atoms with E-state index in [4.69, 9.17) is 0 Å². The van der Waals surface area contributed by atoms with E-state index >= 15 is 0 Å². The molecule has 0 radical (unpaired) electrons. The number of carbonyl (C=O) groups excluding carboxylic acids is 2. The van der Waals surface area contributed by atoms with E-state index in [1.165, 1.54) is 83.5 Å². The fourth-order valence-electron chi connectivity index (χ4n) is 3.46. The molecule has 0 unspecified atom stereocenters. The van der Waals surface area contributed by atoms with Crippen LogP contribution in [0.5, 0.6) is 0 Å². The van der Waals surface area contributed by atoms with Gasteiger partial charge in [0.15, 0.2) is 0 Å². The number of unbranched alkanes of at least 4 members (excludes halogenated alkanes) is 14. The van der Waals surface area contributed by atoms with Crippen molar-refractivity contribution in [3.63, 3.8) is 0 Å². The van der Waals surface area contributed by atoms with E-state index in [2.05, 4.69) is 11.7 Å². The van der Waals surface area contributed by atoms with Gasteiger partial charge in [-0.15, -0.1) is 0 Å². The maximum atomic E-state index is 11.5. The van der Waals surface area contributed by atoms with Crippen LogP contribution in [0, 0.1) is 0 Å². The SMILES string of the molecule is CCCCCCCCCCCCCCCCCC1=C(C)C(=O)OC1=O. The van der Waals surface area contributed by atoms with Gasteiger partial charge in [-0.1, -0.05) is 96.8 Å². The average molecular weight is 351 g/mol. The van der Waals surface area contributed by atoms with Gasteiger partial charge in [0, 0.05) is 11.1 Å². The Bertz CT molecular complexity index is 423. The van der Waals surface area contributed by atoms with Crippen LogP contribution in [0.25, 0.3) is 0 Å². The minimum absolute atomic E-state index is 0.423. The Balaban J connectivity index is 1.82. The quantitative estimate of drug-likeness (QED) is 0.178. The topological polar surface area (TPSA) is 43.4 Å². The minimum atomic E-state index is -0.457. The van der Waals surface area contributed by atoms with Crippen LogP contribution in [0.1, 0.15) is 117 Å². The van der Waals surface area contributed by atoms with Crippen molar-refractivity contribution in [2.24, 2.45) is 0 Å². The van der Waals surface area contributed by atoms with E-state index in [-0.39, 0.29) is 0 Å². The first-order chi connectivity index (χ1) is 12.2. The zero-order chi connectivity index (χ0) is 18.3. The second-order valence-corrected chi connectivity index (χ2v) is 7.48. The van der Waals surface area contributed by atoms with E-state index in [1.807, 2.05) is 0 Å². The Morgan fingerprint density at radius 1 is 0.600 bits per heavy atom. The maximum Gasteiger partial charge on any atom is 0.342 e. The Labute approximate surface area is 154 Å². The summed E-state index contributed by atoms with van der Waals surface area (Å²) in [7, 11) is 0. The van der Waals surface area contributed by atoms with Gasteiger partial charge >= 0.3 is 11.9 Å². The Morgan fingerprint density at radius 3 is 1.36 bits per heavy atom. The van der Waals surface area contributed by atoms with Crippen LogP contribution in [0.4, 0.5) is 0 Å². The summed E-state index contributed by atoms with van der Waals surface area (Å²) in [6.45, 7) is 3.96. The molecular formula is C22H38O3. The van der Waals surface area contributed by atoms with Gasteiger partial charge in [-0.2, -0.15) is 0 Å². The summed E-state index contributed by atoms with van der Waals surface area (Å²) in [5.74, 6) is -0.881. The molecule has 1 aliphatic rings. The molecule has 1 aliphatic heterocycles. The second kappa shape index (κ2) is 14.1. The van der Waals surface area contributed by atoms with Gasteiger partial charge < -0.3 is 4.74 Å². The molecule has 0 aromatic heterocycles. The van der Waals surface area contributed by atoms with Crippen molar-refractivity contribution < 1.29 is 14.3 Å². The molecule has 0 aromatic rings. The van der Waals surface area contributed by atoms with Crippen LogP contribution >= 0.6 is 0 Å². The summed E-state index contributed by atoms with van der Waals surface area (Å²) in [4.78, 5) is 22.7. The fourth-order valence-corrected chi connectivity index (χ4v) is 3.46. The van der Waals surface area contributed by atoms with Crippen molar-refractivity contribution >= 4 is 11.9 Å². The molecular weight excluding hydrogens is 312 g/mol. The van der Waals surface area contributed by atoms with Crippen molar-refractivity contribution in [3.05, 3.63) is 11.1 Å². The molecule has 0 bridgehead atoms. The van der Waals surface area contributed by atoms with E-state index < -0.39 is 11.9 Å². The summed E-state index contributed by atoms with van der Waals surface area (Å²) < 4.78 is 4.61. The highest BCUT2D eigenvalue weighted by Crippen LogP contribution is 2.22. The van der Waals surface area contributed by atoms with Crippen molar-refractivity contribution in [1.82, 2.24) is 0 Å². The molecule has 0 saturated carbocycles. The number of esters is 2. The molecule has 144 valence electrons. The monoisotopic (exact) mass is 350 g/mol. The predicted molar refractivity (Wildman–Crippen MR) is 103 cm³/mol. The summed E-state index contributed by atoms with van der Waals surface area (Å²) in [6.07, 6.45) is 20.6. The Hall–Kier alpha value is -1.12. The van der Waals surface area contributed by atoms with Crippen molar-refractivity contribution in [1.29, 1.82) is 0 Å². The molecule has 0 N–H and O–H groups in total. The molecule has 0 aromatic carbocycles. The van der Waals surface area contributed by atoms with Crippen molar-refractivity contribution in [3.8, 4) is 0 Å². The molecule has 0 saturated heterocycles. The summed E-state index contributed by atoms with van der Waals surface area (Å²) in [5, 5.41) is 0. The van der Waals surface area contributed by atoms with Gasteiger partial charge in [0.25, 0.3) is 0 Å². The molecule has 0 aliphatic carbocycles. The average Bonchev–Trinajstić information content (AvgIpc) is 2.84. The lowest BCUT2D eigenvalue weighted by Crippen LogP contribution is -2.01. The third kappa shape index (κ3) is 9.81. The molecule has 0 spiro atoms. The zero-order valence-electron chi connectivity index (χ0n) is 16.5. The number of carbonyl (C=O) groups is 2. The molecule has 0 fully saturated rings. The maximum absolute atomic E-state index is 11.5. The third-order valence-electron chi connectivity index (χ3n) is 5.22. The first-order valence-corrected chi connectivity index (χ1v) is 10.6. The second-order valence-electron chi connectivity index (χ2n) is 7.48. The minimum Gasteiger partial charge on any atom is -0.386 e. The number of hydrogen-bond acceptors (Lipinski definition) is 3. The largest absolute Gasteiger partial charge is 0.386 e. The van der Waals surface area contributed by atoms with Crippen LogP contribution in [-0.2, 0) is 14.3 Å². The fraction of sp³-hybridized carbons (Fsp3) is 0.818. The molecule has 0 atom stereocenters. The zero-order valence-corrected chi connectivity index (χ0v) is 16.5. The molecule has 1 rings (SSSR count). The van der Waals surface area contributed by atoms with Crippen LogP contribution in [0.15, 0.2) is 11.1 Å². The van der Waals surface area contributed by atoms with Gasteiger partial charge in [0.2, 0.25) is 0 Å². The number of ether oxygens (including phenoxy) is 1. The summed E-state index contributed by atoms with van der Waals surface area (Å²) in [6, 6.07) is 0. The highest BCUT2D eigenvalue weighted by Gasteiger charge is 2.28. The normalized spacial score (nSPS) is 14.5. The van der Waals surface area contributed by atoms with Gasteiger partial charge in [-0.3, -0.25) is 0 Å². The summed E-state index contributed by atoms with van der Waals surface area (Å²) in [5.41, 5.74) is 1.11. The van der Waals surface area contributed by atoms with E-state index in [0.717, 1.165) is 12.8 Å². The lowest BCUT2D eigenvalue weighted by Gasteiger charge is -2.03. The van der Waals surface area contributed by atoms with E-state index in [9.17, 15) is 9.59 Å². The van der Waals surface area contributed by atoms with Gasteiger partial charge in [-0.25, -0.2) is 9.59 Å². The van der Waals surface area contributed by atoms with Crippen LogP contribution in [0.3, 0.4) is 0 Å². The Morgan fingerprint density at radius 2 is 1.00 bits per heavy atom.